The Kier molecular flexibility index (Phi) is 5.32. The van der Waals surface area contributed by atoms with Crippen LogP contribution < -0.4 is 0 Å². The molecule has 1 atom stereocenters. The number of aromatic nitrogens is 4. The first-order chi connectivity index (χ1) is 13.1. The summed E-state index contributed by atoms with van der Waals surface area (Å²) < 4.78 is 2.03. The third kappa shape index (κ3) is 3.94. The topological polar surface area (TPSA) is 49.7 Å². The number of benzene rings is 1. The average Bonchev–Trinajstić information content (AvgIpc) is 3.30. The second kappa shape index (κ2) is 7.87. The van der Waals surface area contributed by atoms with Crippen molar-refractivity contribution in [1.29, 1.82) is 0 Å². The van der Waals surface area contributed by atoms with Crippen molar-refractivity contribution < 1.29 is 0 Å². The highest BCUT2D eigenvalue weighted by Gasteiger charge is 2.25. The SMILES string of the molecule is CCn1cc(CN2CCC[C@H](c3[nH]ncc3-c3ccc(Cl)cc3)C2)c(C)n1. The molecular formula is C21H26ClN5. The summed E-state index contributed by atoms with van der Waals surface area (Å²) in [5, 5.41) is 13.0. The van der Waals surface area contributed by atoms with E-state index in [4.69, 9.17) is 11.6 Å². The molecule has 3 aromatic rings. The number of rotatable bonds is 5. The molecule has 0 bridgehead atoms. The molecule has 142 valence electrons. The molecule has 2 aromatic heterocycles. The number of halogens is 1. The van der Waals surface area contributed by atoms with E-state index in [0.717, 1.165) is 36.9 Å². The lowest BCUT2D eigenvalue weighted by molar-refractivity contribution is 0.198. The molecule has 6 heteroatoms. The van der Waals surface area contributed by atoms with Gasteiger partial charge in [0.05, 0.1) is 11.9 Å². The van der Waals surface area contributed by atoms with Crippen LogP contribution in [0, 0.1) is 6.92 Å². The Labute approximate surface area is 165 Å². The van der Waals surface area contributed by atoms with Crippen molar-refractivity contribution in [2.45, 2.75) is 45.7 Å². The predicted molar refractivity (Wildman–Crippen MR) is 109 cm³/mol. The van der Waals surface area contributed by atoms with Gasteiger partial charge in [-0.25, -0.2) is 0 Å². The Balaban J connectivity index is 1.51. The van der Waals surface area contributed by atoms with Crippen LogP contribution in [0.1, 0.15) is 42.6 Å². The average molecular weight is 384 g/mol. The summed E-state index contributed by atoms with van der Waals surface area (Å²) in [6, 6.07) is 8.02. The Morgan fingerprint density at radius 3 is 2.81 bits per heavy atom. The monoisotopic (exact) mass is 383 g/mol. The van der Waals surface area contributed by atoms with Crippen molar-refractivity contribution in [2.75, 3.05) is 13.1 Å². The predicted octanol–water partition coefficient (Wildman–Crippen LogP) is 4.63. The molecule has 4 rings (SSSR count). The fourth-order valence-electron chi connectivity index (χ4n) is 4.02. The molecule has 0 saturated carbocycles. The summed E-state index contributed by atoms with van der Waals surface area (Å²) in [5.41, 5.74) is 6.07. The second-order valence-corrected chi connectivity index (χ2v) is 7.81. The fourth-order valence-corrected chi connectivity index (χ4v) is 4.14. The first-order valence-corrected chi connectivity index (χ1v) is 10.1. The van der Waals surface area contributed by atoms with Gasteiger partial charge in [0.1, 0.15) is 0 Å². The van der Waals surface area contributed by atoms with Gasteiger partial charge in [0.25, 0.3) is 0 Å². The first kappa shape index (κ1) is 18.3. The van der Waals surface area contributed by atoms with E-state index in [-0.39, 0.29) is 0 Å². The molecule has 0 spiro atoms. The molecule has 1 fully saturated rings. The fraction of sp³-hybridized carbons (Fsp3) is 0.429. The first-order valence-electron chi connectivity index (χ1n) is 9.68. The van der Waals surface area contributed by atoms with Gasteiger partial charge < -0.3 is 0 Å². The number of piperidine rings is 1. The summed E-state index contributed by atoms with van der Waals surface area (Å²) in [5.74, 6) is 0.466. The van der Waals surface area contributed by atoms with E-state index < -0.39 is 0 Å². The van der Waals surface area contributed by atoms with Crippen LogP contribution in [0.25, 0.3) is 11.1 Å². The lowest BCUT2D eigenvalue weighted by atomic mass is 9.90. The standard InChI is InChI=1S/C21H26ClN5/c1-3-27-14-18(15(2)25-27)13-26-10-4-5-17(12-26)21-20(11-23-24-21)16-6-8-19(22)9-7-16/h6-9,11,14,17H,3-5,10,12-13H2,1-2H3,(H,23,24)/t17-/m0/s1. The molecule has 3 heterocycles. The zero-order chi connectivity index (χ0) is 18.8. The van der Waals surface area contributed by atoms with Crippen molar-refractivity contribution in [2.24, 2.45) is 0 Å². The Bertz CT molecular complexity index is 896. The number of nitrogens with one attached hydrogen (secondary N) is 1. The molecule has 1 N–H and O–H groups in total. The van der Waals surface area contributed by atoms with Gasteiger partial charge in [-0.15, -0.1) is 0 Å². The maximum absolute atomic E-state index is 6.05. The molecule has 1 saturated heterocycles. The highest BCUT2D eigenvalue weighted by atomic mass is 35.5. The van der Waals surface area contributed by atoms with Gasteiger partial charge in [-0.1, -0.05) is 23.7 Å². The quantitative estimate of drug-likeness (QED) is 0.698. The van der Waals surface area contributed by atoms with E-state index in [1.54, 1.807) is 0 Å². The number of nitrogens with zero attached hydrogens (tertiary/aromatic N) is 4. The minimum absolute atomic E-state index is 0.466. The molecule has 0 aliphatic carbocycles. The van der Waals surface area contributed by atoms with E-state index in [9.17, 15) is 0 Å². The Morgan fingerprint density at radius 2 is 2.07 bits per heavy atom. The van der Waals surface area contributed by atoms with Crippen molar-refractivity contribution in [1.82, 2.24) is 24.9 Å². The van der Waals surface area contributed by atoms with Crippen molar-refractivity contribution in [3.05, 3.63) is 58.6 Å². The van der Waals surface area contributed by atoms with E-state index in [1.807, 2.05) is 23.0 Å². The number of H-pyrrole nitrogens is 1. The normalized spacial score (nSPS) is 18.1. The minimum atomic E-state index is 0.466. The van der Waals surface area contributed by atoms with Gasteiger partial charge >= 0.3 is 0 Å². The Morgan fingerprint density at radius 1 is 1.26 bits per heavy atom. The highest BCUT2D eigenvalue weighted by molar-refractivity contribution is 6.30. The van der Waals surface area contributed by atoms with Crippen LogP contribution in [0.3, 0.4) is 0 Å². The highest BCUT2D eigenvalue weighted by Crippen LogP contribution is 2.34. The lowest BCUT2D eigenvalue weighted by Crippen LogP contribution is -2.34. The summed E-state index contributed by atoms with van der Waals surface area (Å²) in [4.78, 5) is 2.55. The van der Waals surface area contributed by atoms with E-state index in [2.05, 4.69) is 52.4 Å². The van der Waals surface area contributed by atoms with Gasteiger partial charge in [0.2, 0.25) is 0 Å². The van der Waals surface area contributed by atoms with Crippen LogP contribution in [-0.4, -0.2) is 38.0 Å². The van der Waals surface area contributed by atoms with Crippen LogP contribution in [0.15, 0.2) is 36.7 Å². The third-order valence-corrected chi connectivity index (χ3v) is 5.76. The smallest absolute Gasteiger partial charge is 0.0638 e. The third-order valence-electron chi connectivity index (χ3n) is 5.50. The van der Waals surface area contributed by atoms with E-state index in [0.29, 0.717) is 5.92 Å². The van der Waals surface area contributed by atoms with E-state index in [1.165, 1.54) is 35.2 Å². The van der Waals surface area contributed by atoms with Gasteiger partial charge in [-0.05, 0) is 50.9 Å². The molecule has 1 aliphatic heterocycles. The largest absolute Gasteiger partial charge is 0.298 e. The molecule has 1 aromatic carbocycles. The number of likely N-dealkylation sites (tertiary alicyclic amines) is 1. The summed E-state index contributed by atoms with van der Waals surface area (Å²) in [6.07, 6.45) is 6.51. The zero-order valence-corrected chi connectivity index (χ0v) is 16.7. The Hall–Kier alpha value is -2.11. The number of hydrogen-bond donors (Lipinski definition) is 1. The van der Waals surface area contributed by atoms with Crippen LogP contribution >= 0.6 is 11.6 Å². The lowest BCUT2D eigenvalue weighted by Gasteiger charge is -2.32. The second-order valence-electron chi connectivity index (χ2n) is 7.37. The van der Waals surface area contributed by atoms with Gasteiger partial charge in [-0.3, -0.25) is 14.7 Å². The summed E-state index contributed by atoms with van der Waals surface area (Å²) in [6.45, 7) is 8.30. The van der Waals surface area contributed by atoms with E-state index >= 15 is 0 Å². The maximum Gasteiger partial charge on any atom is 0.0638 e. The van der Waals surface area contributed by atoms with Gasteiger partial charge in [0.15, 0.2) is 0 Å². The summed E-state index contributed by atoms with van der Waals surface area (Å²) in [7, 11) is 0. The van der Waals surface area contributed by atoms with Crippen LogP contribution in [-0.2, 0) is 13.1 Å². The van der Waals surface area contributed by atoms with Gasteiger partial charge in [0, 0.05) is 53.6 Å². The van der Waals surface area contributed by atoms with Crippen molar-refractivity contribution in [3.63, 3.8) is 0 Å². The molecule has 1 aliphatic rings. The molecule has 5 nitrogen and oxygen atoms in total. The zero-order valence-electron chi connectivity index (χ0n) is 16.0. The molecule has 0 amide bonds. The number of aromatic amines is 1. The van der Waals surface area contributed by atoms with Gasteiger partial charge in [-0.2, -0.15) is 10.2 Å². The summed E-state index contributed by atoms with van der Waals surface area (Å²) >= 11 is 6.05. The molecule has 27 heavy (non-hydrogen) atoms. The minimum Gasteiger partial charge on any atom is -0.298 e. The van der Waals surface area contributed by atoms with Crippen LogP contribution in [0.2, 0.25) is 5.02 Å². The van der Waals surface area contributed by atoms with Crippen molar-refractivity contribution in [3.8, 4) is 11.1 Å². The van der Waals surface area contributed by atoms with Crippen LogP contribution in [0.5, 0.6) is 0 Å². The number of aryl methyl sites for hydroxylation is 2. The molecule has 0 unspecified atom stereocenters. The maximum atomic E-state index is 6.05. The number of hydrogen-bond acceptors (Lipinski definition) is 3. The van der Waals surface area contributed by atoms with Crippen molar-refractivity contribution >= 4 is 11.6 Å². The molecular weight excluding hydrogens is 358 g/mol. The van der Waals surface area contributed by atoms with Crippen LogP contribution in [0.4, 0.5) is 0 Å². The molecule has 0 radical (unpaired) electrons.